The van der Waals surface area contributed by atoms with Crippen LogP contribution in [-0.2, 0) is 22.4 Å². The van der Waals surface area contributed by atoms with Gasteiger partial charge in [0.1, 0.15) is 0 Å². The van der Waals surface area contributed by atoms with Gasteiger partial charge in [-0.1, -0.05) is 36.4 Å². The van der Waals surface area contributed by atoms with Crippen molar-refractivity contribution < 1.29 is 29.6 Å². The molecule has 140 valence electrons. The van der Waals surface area contributed by atoms with Crippen LogP contribution in [0.15, 0.2) is 48.5 Å². The van der Waals surface area contributed by atoms with E-state index in [0.717, 1.165) is 12.1 Å². The number of aliphatic carboxylic acids is 2. The second-order valence-electron chi connectivity index (χ2n) is 5.82. The number of nitrogens with zero attached hydrogens (tertiary/aromatic N) is 2. The van der Waals surface area contributed by atoms with Crippen LogP contribution in [0.5, 0.6) is 0 Å². The van der Waals surface area contributed by atoms with Gasteiger partial charge >= 0.3 is 11.9 Å². The highest BCUT2D eigenvalue weighted by molar-refractivity contribution is 5.99. The van der Waals surface area contributed by atoms with Crippen molar-refractivity contribution in [1.29, 1.82) is 0 Å². The van der Waals surface area contributed by atoms with E-state index in [1.165, 1.54) is 36.4 Å². The summed E-state index contributed by atoms with van der Waals surface area (Å²) in [5, 5.41) is 41.7. The van der Waals surface area contributed by atoms with Crippen LogP contribution >= 0.6 is 0 Å². The first-order chi connectivity index (χ1) is 12.7. The summed E-state index contributed by atoms with van der Waals surface area (Å²) in [5.41, 5.74) is -3.55. The summed E-state index contributed by atoms with van der Waals surface area (Å²) in [6, 6.07) is 10.4. The Bertz CT molecular complexity index is 849. The lowest BCUT2D eigenvalue weighted by molar-refractivity contribution is -0.385. The van der Waals surface area contributed by atoms with Crippen LogP contribution in [0, 0.1) is 25.6 Å². The van der Waals surface area contributed by atoms with E-state index in [4.69, 9.17) is 0 Å². The molecule has 27 heavy (non-hydrogen) atoms. The van der Waals surface area contributed by atoms with Crippen LogP contribution in [0.4, 0.5) is 11.4 Å². The van der Waals surface area contributed by atoms with Crippen molar-refractivity contribution in [2.75, 3.05) is 0 Å². The van der Waals surface area contributed by atoms with Gasteiger partial charge in [0.2, 0.25) is 0 Å². The zero-order valence-corrected chi connectivity index (χ0v) is 13.8. The van der Waals surface area contributed by atoms with Crippen molar-refractivity contribution >= 4 is 23.3 Å². The maximum Gasteiger partial charge on any atom is 0.321 e. The second-order valence-corrected chi connectivity index (χ2v) is 5.82. The number of hydrogen-bond acceptors (Lipinski definition) is 6. The smallest absolute Gasteiger partial charge is 0.321 e. The lowest BCUT2D eigenvalue weighted by atomic mass is 9.76. The summed E-state index contributed by atoms with van der Waals surface area (Å²) in [5.74, 6) is -3.49. The fourth-order valence-electron chi connectivity index (χ4n) is 2.78. The zero-order chi connectivity index (χ0) is 20.2. The Hall–Kier alpha value is -3.82. The number of hydrogen-bond donors (Lipinski definition) is 2. The largest absolute Gasteiger partial charge is 0.480 e. The molecule has 0 saturated heterocycles. The Balaban J connectivity index is 2.59. The molecule has 0 unspecified atom stereocenters. The number of para-hydroxylation sites is 2. The van der Waals surface area contributed by atoms with Crippen molar-refractivity contribution in [3.05, 3.63) is 79.9 Å². The lowest BCUT2D eigenvalue weighted by Crippen LogP contribution is -2.43. The molecule has 0 aliphatic rings. The molecule has 0 bridgehead atoms. The number of carbonyl (C=O) groups is 2. The Morgan fingerprint density at radius 1 is 0.778 bits per heavy atom. The van der Waals surface area contributed by atoms with Crippen LogP contribution in [0.2, 0.25) is 0 Å². The van der Waals surface area contributed by atoms with E-state index in [2.05, 4.69) is 0 Å². The molecule has 0 aliphatic carbocycles. The van der Waals surface area contributed by atoms with Crippen molar-refractivity contribution in [2.24, 2.45) is 5.41 Å². The minimum Gasteiger partial charge on any atom is -0.480 e. The first kappa shape index (κ1) is 19.5. The maximum atomic E-state index is 11.9. The third-order valence-corrected chi connectivity index (χ3v) is 4.18. The van der Waals surface area contributed by atoms with Crippen molar-refractivity contribution in [3.63, 3.8) is 0 Å². The van der Waals surface area contributed by atoms with E-state index in [1.54, 1.807) is 0 Å². The number of benzene rings is 2. The highest BCUT2D eigenvalue weighted by atomic mass is 16.6. The third-order valence-electron chi connectivity index (χ3n) is 4.18. The van der Waals surface area contributed by atoms with Gasteiger partial charge in [0.25, 0.3) is 11.4 Å². The molecule has 0 heterocycles. The van der Waals surface area contributed by atoms with Crippen LogP contribution < -0.4 is 0 Å². The van der Waals surface area contributed by atoms with Gasteiger partial charge in [0, 0.05) is 36.1 Å². The molecule has 0 aromatic heterocycles. The Labute approximate surface area is 152 Å². The van der Waals surface area contributed by atoms with Crippen molar-refractivity contribution in [2.45, 2.75) is 12.8 Å². The minimum absolute atomic E-state index is 0.0918. The van der Waals surface area contributed by atoms with E-state index >= 15 is 0 Å². The van der Waals surface area contributed by atoms with Crippen LogP contribution in [0.1, 0.15) is 11.1 Å². The molecular weight excluding hydrogens is 360 g/mol. The minimum atomic E-state index is -2.52. The molecule has 0 radical (unpaired) electrons. The topological polar surface area (TPSA) is 161 Å². The van der Waals surface area contributed by atoms with E-state index in [0.29, 0.717) is 0 Å². The molecule has 0 saturated carbocycles. The quantitative estimate of drug-likeness (QED) is 0.404. The molecule has 2 N–H and O–H groups in total. The average Bonchev–Trinajstić information content (AvgIpc) is 2.61. The van der Waals surface area contributed by atoms with Gasteiger partial charge in [-0.25, -0.2) is 0 Å². The van der Waals surface area contributed by atoms with Crippen LogP contribution in [0.3, 0.4) is 0 Å². The molecule has 0 amide bonds. The Kier molecular flexibility index (Phi) is 5.49. The first-order valence-electron chi connectivity index (χ1n) is 7.60. The summed E-state index contributed by atoms with van der Waals surface area (Å²) in [4.78, 5) is 44.7. The van der Waals surface area contributed by atoms with E-state index < -0.39 is 51.4 Å². The monoisotopic (exact) mass is 374 g/mol. The molecule has 0 atom stereocenters. The summed E-state index contributed by atoms with van der Waals surface area (Å²) >= 11 is 0. The standard InChI is InChI=1S/C17H14N2O8/c20-15(21)17(16(22)23,9-11-5-1-3-7-13(11)18(24)25)10-12-6-2-4-8-14(12)19(26)27/h1-8H,9-10H2,(H,20,21)(H,22,23). The van der Waals surface area contributed by atoms with E-state index in [9.17, 15) is 40.0 Å². The SMILES string of the molecule is O=C(O)C(Cc1ccccc1[N+](=O)[O-])(Cc1ccccc1[N+](=O)[O-])C(=O)O. The van der Waals surface area contributed by atoms with Crippen LogP contribution in [0.25, 0.3) is 0 Å². The molecule has 10 nitrogen and oxygen atoms in total. The van der Waals surface area contributed by atoms with Gasteiger partial charge < -0.3 is 10.2 Å². The Morgan fingerprint density at radius 3 is 1.41 bits per heavy atom. The molecule has 0 aliphatic heterocycles. The highest BCUT2D eigenvalue weighted by Crippen LogP contribution is 2.35. The number of carboxylic acids is 2. The van der Waals surface area contributed by atoms with E-state index in [-0.39, 0.29) is 11.1 Å². The van der Waals surface area contributed by atoms with Gasteiger partial charge in [-0.3, -0.25) is 29.8 Å². The van der Waals surface area contributed by atoms with Crippen molar-refractivity contribution in [1.82, 2.24) is 0 Å². The molecule has 2 rings (SSSR count). The molecule has 0 fully saturated rings. The maximum absolute atomic E-state index is 11.9. The predicted molar refractivity (Wildman–Crippen MR) is 91.3 cm³/mol. The molecule has 10 heteroatoms. The summed E-state index contributed by atoms with van der Waals surface area (Å²) in [7, 11) is 0. The molecule has 2 aromatic carbocycles. The van der Waals surface area contributed by atoms with Gasteiger partial charge in [0.15, 0.2) is 5.41 Å². The summed E-state index contributed by atoms with van der Waals surface area (Å²) in [6.07, 6.45) is -1.41. The Morgan fingerprint density at radius 2 is 1.11 bits per heavy atom. The average molecular weight is 374 g/mol. The van der Waals surface area contributed by atoms with Gasteiger partial charge in [-0.15, -0.1) is 0 Å². The molecule has 0 spiro atoms. The van der Waals surface area contributed by atoms with Gasteiger partial charge in [-0.2, -0.15) is 0 Å². The molecular formula is C17H14N2O8. The molecule has 2 aromatic rings. The first-order valence-corrected chi connectivity index (χ1v) is 7.60. The third kappa shape index (κ3) is 3.89. The number of carboxylic acid groups (broad SMARTS) is 2. The van der Waals surface area contributed by atoms with Gasteiger partial charge in [0.05, 0.1) is 9.85 Å². The normalized spacial score (nSPS) is 11.0. The van der Waals surface area contributed by atoms with E-state index in [1.807, 2.05) is 0 Å². The fraction of sp³-hybridized carbons (Fsp3) is 0.176. The summed E-state index contributed by atoms with van der Waals surface area (Å²) in [6.45, 7) is 0. The highest BCUT2D eigenvalue weighted by Gasteiger charge is 2.48. The van der Waals surface area contributed by atoms with Crippen molar-refractivity contribution in [3.8, 4) is 0 Å². The fourth-order valence-corrected chi connectivity index (χ4v) is 2.78. The summed E-state index contributed by atoms with van der Waals surface area (Å²) < 4.78 is 0. The predicted octanol–water partition coefficient (Wildman–Crippen LogP) is 2.44. The second kappa shape index (κ2) is 7.60. The zero-order valence-electron chi connectivity index (χ0n) is 13.8. The number of rotatable bonds is 8. The number of nitro groups is 2. The number of nitro benzene ring substituents is 2. The van der Waals surface area contributed by atoms with Gasteiger partial charge in [-0.05, 0) is 0 Å². The van der Waals surface area contributed by atoms with Crippen LogP contribution in [-0.4, -0.2) is 32.0 Å². The lowest BCUT2D eigenvalue weighted by Gasteiger charge is -2.25.